The lowest BCUT2D eigenvalue weighted by atomic mass is 9.80. The first-order chi connectivity index (χ1) is 6.49. The summed E-state index contributed by atoms with van der Waals surface area (Å²) in [7, 11) is 0. The molecule has 0 amide bonds. The van der Waals surface area contributed by atoms with E-state index in [1.54, 1.807) is 6.07 Å². The van der Waals surface area contributed by atoms with Gasteiger partial charge in [-0.05, 0) is 37.8 Å². The van der Waals surface area contributed by atoms with Crippen LogP contribution in [0.15, 0.2) is 18.2 Å². The Kier molecular flexibility index (Phi) is 1.95. The van der Waals surface area contributed by atoms with Crippen molar-refractivity contribution < 1.29 is 5.11 Å². The molecule has 0 aromatic heterocycles. The van der Waals surface area contributed by atoms with Crippen LogP contribution in [0.25, 0.3) is 0 Å². The number of benzene rings is 1. The van der Waals surface area contributed by atoms with Crippen LogP contribution in [0.2, 0.25) is 0 Å². The van der Waals surface area contributed by atoms with Crippen molar-refractivity contribution in [2.75, 3.05) is 5.32 Å². The highest BCUT2D eigenvalue weighted by Crippen LogP contribution is 2.35. The number of phenols is 1. The number of hydrogen-bond donors (Lipinski definition) is 2. The summed E-state index contributed by atoms with van der Waals surface area (Å²) in [6.07, 6.45) is 1.08. The van der Waals surface area contributed by atoms with Crippen LogP contribution in [-0.2, 0) is 6.42 Å². The number of fused-ring (bicyclic) bond motifs is 1. The predicted octanol–water partition coefficient (Wildman–Crippen LogP) is 2.77. The topological polar surface area (TPSA) is 32.3 Å². The molecule has 0 saturated heterocycles. The van der Waals surface area contributed by atoms with Crippen LogP contribution in [-0.4, -0.2) is 10.6 Å². The molecule has 2 nitrogen and oxygen atoms in total. The molecule has 1 aromatic rings. The molecular formula is C12H17NO. The van der Waals surface area contributed by atoms with Gasteiger partial charge in [-0.3, -0.25) is 0 Å². The monoisotopic (exact) mass is 191 g/mol. The van der Waals surface area contributed by atoms with Crippen molar-refractivity contribution in [3.05, 3.63) is 23.8 Å². The van der Waals surface area contributed by atoms with E-state index in [9.17, 15) is 5.11 Å². The molecule has 1 unspecified atom stereocenters. The highest BCUT2D eigenvalue weighted by atomic mass is 16.3. The van der Waals surface area contributed by atoms with E-state index < -0.39 is 0 Å². The van der Waals surface area contributed by atoms with Crippen LogP contribution in [0, 0.1) is 5.92 Å². The largest absolute Gasteiger partial charge is 0.508 e. The first-order valence-electron chi connectivity index (χ1n) is 5.09. The van der Waals surface area contributed by atoms with Gasteiger partial charge in [0.1, 0.15) is 5.75 Å². The van der Waals surface area contributed by atoms with Crippen molar-refractivity contribution in [2.45, 2.75) is 32.7 Å². The van der Waals surface area contributed by atoms with Crippen molar-refractivity contribution in [3.63, 3.8) is 0 Å². The maximum absolute atomic E-state index is 9.38. The quantitative estimate of drug-likeness (QED) is 0.661. The molecule has 0 bridgehead atoms. The first kappa shape index (κ1) is 9.38. The van der Waals surface area contributed by atoms with E-state index >= 15 is 0 Å². The third-order valence-corrected chi connectivity index (χ3v) is 3.31. The summed E-state index contributed by atoms with van der Waals surface area (Å²) in [4.78, 5) is 0. The minimum absolute atomic E-state index is 0.112. The average Bonchev–Trinajstić information content (AvgIpc) is 2.07. The number of rotatable bonds is 0. The fraction of sp³-hybridized carbons (Fsp3) is 0.500. The zero-order valence-corrected chi connectivity index (χ0v) is 8.96. The molecule has 2 N–H and O–H groups in total. The molecule has 0 fully saturated rings. The maximum Gasteiger partial charge on any atom is 0.117 e. The highest BCUT2D eigenvalue weighted by Gasteiger charge is 2.31. The van der Waals surface area contributed by atoms with Gasteiger partial charge in [-0.15, -0.1) is 0 Å². The van der Waals surface area contributed by atoms with E-state index in [1.807, 2.05) is 12.1 Å². The van der Waals surface area contributed by atoms with Crippen LogP contribution >= 0.6 is 0 Å². The molecule has 76 valence electrons. The Morgan fingerprint density at radius 2 is 2.14 bits per heavy atom. The van der Waals surface area contributed by atoms with Gasteiger partial charge in [-0.2, -0.15) is 0 Å². The molecule has 2 heteroatoms. The Bertz CT molecular complexity index is 357. The summed E-state index contributed by atoms with van der Waals surface area (Å²) in [5.74, 6) is 0.946. The van der Waals surface area contributed by atoms with Gasteiger partial charge >= 0.3 is 0 Å². The number of phenolic OH excluding ortho intramolecular Hbond substituents is 1. The van der Waals surface area contributed by atoms with Gasteiger partial charge in [0, 0.05) is 17.3 Å². The zero-order valence-electron chi connectivity index (χ0n) is 8.96. The minimum Gasteiger partial charge on any atom is -0.508 e. The minimum atomic E-state index is 0.112. The number of anilines is 1. The Hall–Kier alpha value is -1.18. The van der Waals surface area contributed by atoms with Crippen molar-refractivity contribution in [1.29, 1.82) is 0 Å². The molecule has 14 heavy (non-hydrogen) atoms. The second-order valence-corrected chi connectivity index (χ2v) is 4.79. The molecule has 1 aromatic carbocycles. The summed E-state index contributed by atoms with van der Waals surface area (Å²) >= 11 is 0. The zero-order chi connectivity index (χ0) is 10.3. The van der Waals surface area contributed by atoms with Crippen molar-refractivity contribution in [2.24, 2.45) is 5.92 Å². The average molecular weight is 191 g/mol. The van der Waals surface area contributed by atoms with Gasteiger partial charge in [0.15, 0.2) is 0 Å². The molecule has 0 aliphatic carbocycles. The third-order valence-electron chi connectivity index (χ3n) is 3.31. The second kappa shape index (κ2) is 2.91. The Morgan fingerprint density at radius 1 is 1.43 bits per heavy atom. The van der Waals surface area contributed by atoms with E-state index in [4.69, 9.17) is 0 Å². The smallest absolute Gasteiger partial charge is 0.117 e. The summed E-state index contributed by atoms with van der Waals surface area (Å²) in [6.45, 7) is 6.65. The van der Waals surface area contributed by atoms with Crippen LogP contribution in [0.5, 0.6) is 5.75 Å². The lowest BCUT2D eigenvalue weighted by molar-refractivity contribution is 0.361. The lowest BCUT2D eigenvalue weighted by Crippen LogP contribution is -2.42. The second-order valence-electron chi connectivity index (χ2n) is 4.79. The van der Waals surface area contributed by atoms with Crippen LogP contribution in [0.4, 0.5) is 5.69 Å². The van der Waals surface area contributed by atoms with Crippen LogP contribution in [0.3, 0.4) is 0 Å². The molecule has 0 radical (unpaired) electrons. The van der Waals surface area contributed by atoms with Gasteiger partial charge in [0.05, 0.1) is 0 Å². The first-order valence-corrected chi connectivity index (χ1v) is 5.09. The molecule has 1 heterocycles. The van der Waals surface area contributed by atoms with Crippen molar-refractivity contribution in [1.82, 2.24) is 0 Å². The molecule has 2 rings (SSSR count). The summed E-state index contributed by atoms with van der Waals surface area (Å²) < 4.78 is 0. The molecule has 0 spiro atoms. The summed E-state index contributed by atoms with van der Waals surface area (Å²) in [5, 5.41) is 12.9. The van der Waals surface area contributed by atoms with Gasteiger partial charge in [0.25, 0.3) is 0 Å². The van der Waals surface area contributed by atoms with Crippen molar-refractivity contribution >= 4 is 5.69 Å². The Balaban J connectivity index is 2.41. The van der Waals surface area contributed by atoms with Crippen LogP contribution in [0.1, 0.15) is 26.3 Å². The maximum atomic E-state index is 9.38. The van der Waals surface area contributed by atoms with E-state index in [2.05, 4.69) is 26.1 Å². The molecule has 1 atom stereocenters. The summed E-state index contributed by atoms with van der Waals surface area (Å²) in [6, 6.07) is 5.57. The highest BCUT2D eigenvalue weighted by molar-refractivity contribution is 5.58. The molecular weight excluding hydrogens is 174 g/mol. The summed E-state index contributed by atoms with van der Waals surface area (Å²) in [5.41, 5.74) is 2.49. The fourth-order valence-corrected chi connectivity index (χ4v) is 1.91. The lowest BCUT2D eigenvalue weighted by Gasteiger charge is -2.39. The number of hydrogen-bond acceptors (Lipinski definition) is 2. The Morgan fingerprint density at radius 3 is 2.86 bits per heavy atom. The third kappa shape index (κ3) is 1.45. The Labute approximate surface area is 85.0 Å². The van der Waals surface area contributed by atoms with Gasteiger partial charge in [-0.25, -0.2) is 0 Å². The van der Waals surface area contributed by atoms with E-state index in [0.717, 1.165) is 12.1 Å². The van der Waals surface area contributed by atoms with E-state index in [1.165, 1.54) is 5.56 Å². The van der Waals surface area contributed by atoms with Gasteiger partial charge in [0.2, 0.25) is 0 Å². The SMILES string of the molecule is CC1Cc2ccc(O)cc2NC1(C)C. The fourth-order valence-electron chi connectivity index (χ4n) is 1.91. The molecule has 0 saturated carbocycles. The standard InChI is InChI=1S/C12H17NO/c1-8-6-9-4-5-10(14)7-11(9)13-12(8,2)3/h4-5,7-8,13-14H,6H2,1-3H3. The van der Waals surface area contributed by atoms with E-state index in [-0.39, 0.29) is 5.54 Å². The number of nitrogens with one attached hydrogen (secondary N) is 1. The van der Waals surface area contributed by atoms with Crippen molar-refractivity contribution in [3.8, 4) is 5.75 Å². The van der Waals surface area contributed by atoms with Crippen LogP contribution < -0.4 is 5.32 Å². The van der Waals surface area contributed by atoms with E-state index in [0.29, 0.717) is 11.7 Å². The van der Waals surface area contributed by atoms with Gasteiger partial charge < -0.3 is 10.4 Å². The normalized spacial score (nSPS) is 23.8. The molecule has 1 aliphatic rings. The predicted molar refractivity (Wildman–Crippen MR) is 58.7 cm³/mol. The number of aromatic hydroxyl groups is 1. The molecule has 1 aliphatic heterocycles. The van der Waals surface area contributed by atoms with Gasteiger partial charge in [-0.1, -0.05) is 13.0 Å².